The molecule has 1 rings (SSSR count). The fraction of sp³-hybridized carbons (Fsp3) is 0.714. The van der Waals surface area contributed by atoms with Crippen molar-refractivity contribution < 1.29 is 12.8 Å². The molecule has 1 heterocycles. The van der Waals surface area contributed by atoms with Crippen LogP contribution in [0.3, 0.4) is 0 Å². The molecule has 5 nitrogen and oxygen atoms in total. The SMILES string of the molecule is CCC(C)CN(C)S(=O)(=O)c1cc(CNC(C)C)oc1Br. The van der Waals surface area contributed by atoms with Crippen molar-refractivity contribution in [3.8, 4) is 0 Å². The number of nitrogens with zero attached hydrogens (tertiary/aromatic N) is 1. The van der Waals surface area contributed by atoms with Gasteiger partial charge in [0, 0.05) is 25.7 Å². The molecule has 1 aromatic rings. The summed E-state index contributed by atoms with van der Waals surface area (Å²) in [6.07, 6.45) is 0.940. The summed E-state index contributed by atoms with van der Waals surface area (Å²) in [5.74, 6) is 0.920. The fourth-order valence-electron chi connectivity index (χ4n) is 1.80. The molecular weight excluding hydrogens is 356 g/mol. The topological polar surface area (TPSA) is 62.6 Å². The standard InChI is InChI=1S/C14H25BrN2O3S/c1-6-11(4)9-17(5)21(18,19)13-7-12(20-14(13)15)8-16-10(2)3/h7,10-11,16H,6,8-9H2,1-5H3. The smallest absolute Gasteiger partial charge is 0.247 e. The Bertz CT molecular complexity index is 555. The molecule has 0 aliphatic rings. The molecule has 0 aliphatic carbocycles. The third-order valence-corrected chi connectivity index (χ3v) is 6.03. The van der Waals surface area contributed by atoms with E-state index in [1.54, 1.807) is 13.1 Å². The lowest BCUT2D eigenvalue weighted by Gasteiger charge is -2.19. The molecule has 1 aromatic heterocycles. The molecule has 122 valence electrons. The molecule has 0 spiro atoms. The lowest BCUT2D eigenvalue weighted by Crippen LogP contribution is -2.31. The van der Waals surface area contributed by atoms with Crippen molar-refractivity contribution in [1.29, 1.82) is 0 Å². The minimum atomic E-state index is -3.53. The zero-order valence-electron chi connectivity index (χ0n) is 13.3. The predicted molar refractivity (Wildman–Crippen MR) is 87.7 cm³/mol. The van der Waals surface area contributed by atoms with Crippen LogP contribution < -0.4 is 5.32 Å². The van der Waals surface area contributed by atoms with Gasteiger partial charge < -0.3 is 9.73 Å². The van der Waals surface area contributed by atoms with Crippen molar-refractivity contribution in [1.82, 2.24) is 9.62 Å². The Morgan fingerprint density at radius 3 is 2.52 bits per heavy atom. The average Bonchev–Trinajstić information content (AvgIpc) is 2.78. The molecule has 0 saturated heterocycles. The van der Waals surface area contributed by atoms with E-state index in [0.29, 0.717) is 30.8 Å². The predicted octanol–water partition coefficient (Wildman–Crippen LogP) is 3.21. The highest BCUT2D eigenvalue weighted by atomic mass is 79.9. The molecule has 0 saturated carbocycles. The first-order valence-corrected chi connectivity index (χ1v) is 9.39. The maximum atomic E-state index is 12.6. The van der Waals surface area contributed by atoms with Gasteiger partial charge in [-0.2, -0.15) is 0 Å². The fourth-order valence-corrected chi connectivity index (χ4v) is 4.05. The van der Waals surface area contributed by atoms with Crippen molar-refractivity contribution in [2.24, 2.45) is 5.92 Å². The van der Waals surface area contributed by atoms with Crippen molar-refractivity contribution in [3.05, 3.63) is 16.5 Å². The van der Waals surface area contributed by atoms with Gasteiger partial charge in [-0.15, -0.1) is 0 Å². The molecule has 1 atom stereocenters. The summed E-state index contributed by atoms with van der Waals surface area (Å²) in [6.45, 7) is 9.13. The van der Waals surface area contributed by atoms with E-state index < -0.39 is 10.0 Å². The summed E-state index contributed by atoms with van der Waals surface area (Å²) >= 11 is 3.21. The second-order valence-corrected chi connectivity index (χ2v) is 8.42. The number of hydrogen-bond acceptors (Lipinski definition) is 4. The van der Waals surface area contributed by atoms with Gasteiger partial charge in [0.15, 0.2) is 4.67 Å². The van der Waals surface area contributed by atoms with E-state index in [-0.39, 0.29) is 9.56 Å². The summed E-state index contributed by atoms with van der Waals surface area (Å²) in [5.41, 5.74) is 0. The van der Waals surface area contributed by atoms with Crippen LogP contribution in [0.2, 0.25) is 0 Å². The van der Waals surface area contributed by atoms with E-state index in [1.807, 2.05) is 20.8 Å². The lowest BCUT2D eigenvalue weighted by molar-refractivity contribution is 0.392. The first kappa shape index (κ1) is 18.7. The summed E-state index contributed by atoms with van der Waals surface area (Å²) in [5, 5.41) is 3.20. The Kier molecular flexibility index (Phi) is 6.90. The summed E-state index contributed by atoms with van der Waals surface area (Å²) in [6, 6.07) is 1.89. The maximum Gasteiger partial charge on any atom is 0.247 e. The van der Waals surface area contributed by atoms with Gasteiger partial charge in [-0.1, -0.05) is 34.1 Å². The Morgan fingerprint density at radius 1 is 1.38 bits per heavy atom. The van der Waals surface area contributed by atoms with E-state index in [1.165, 1.54) is 4.31 Å². The highest BCUT2D eigenvalue weighted by Gasteiger charge is 2.27. The van der Waals surface area contributed by atoms with Crippen LogP contribution in [0.25, 0.3) is 0 Å². The zero-order valence-corrected chi connectivity index (χ0v) is 15.7. The average molecular weight is 381 g/mol. The Labute approximate surface area is 136 Å². The molecule has 0 radical (unpaired) electrons. The van der Waals surface area contributed by atoms with Crippen LogP contribution in [0.5, 0.6) is 0 Å². The molecule has 1 unspecified atom stereocenters. The molecule has 0 aromatic carbocycles. The van der Waals surface area contributed by atoms with Gasteiger partial charge in [-0.25, -0.2) is 12.7 Å². The van der Waals surface area contributed by atoms with Crippen molar-refractivity contribution in [2.45, 2.75) is 51.6 Å². The molecule has 21 heavy (non-hydrogen) atoms. The molecule has 1 N–H and O–H groups in total. The largest absolute Gasteiger partial charge is 0.452 e. The van der Waals surface area contributed by atoms with Crippen LogP contribution in [-0.2, 0) is 16.6 Å². The van der Waals surface area contributed by atoms with Crippen LogP contribution in [0, 0.1) is 5.92 Å². The molecule has 0 fully saturated rings. The van der Waals surface area contributed by atoms with Crippen molar-refractivity contribution in [2.75, 3.05) is 13.6 Å². The Morgan fingerprint density at radius 2 is 2.00 bits per heavy atom. The third kappa shape index (κ3) is 5.09. The van der Waals surface area contributed by atoms with Crippen LogP contribution in [0.4, 0.5) is 0 Å². The summed E-state index contributed by atoms with van der Waals surface area (Å²) < 4.78 is 32.3. The van der Waals surface area contributed by atoms with E-state index >= 15 is 0 Å². The number of nitrogens with one attached hydrogen (secondary N) is 1. The second kappa shape index (κ2) is 7.76. The van der Waals surface area contributed by atoms with Crippen LogP contribution in [0.1, 0.15) is 39.9 Å². The van der Waals surface area contributed by atoms with Gasteiger partial charge in [-0.3, -0.25) is 0 Å². The van der Waals surface area contributed by atoms with Crippen LogP contribution in [0.15, 0.2) is 20.0 Å². The van der Waals surface area contributed by atoms with Gasteiger partial charge in [-0.05, 0) is 21.8 Å². The Balaban J connectivity index is 2.92. The molecule has 0 amide bonds. The number of rotatable bonds is 8. The van der Waals surface area contributed by atoms with Gasteiger partial charge in [0.25, 0.3) is 0 Å². The van der Waals surface area contributed by atoms with Crippen molar-refractivity contribution in [3.63, 3.8) is 0 Å². The molecule has 0 bridgehead atoms. The minimum Gasteiger partial charge on any atom is -0.452 e. The quantitative estimate of drug-likeness (QED) is 0.751. The normalized spacial score (nSPS) is 14.1. The highest BCUT2D eigenvalue weighted by Crippen LogP contribution is 2.28. The summed E-state index contributed by atoms with van der Waals surface area (Å²) in [4.78, 5) is 0.189. The van der Waals surface area contributed by atoms with E-state index in [4.69, 9.17) is 4.42 Å². The second-order valence-electron chi connectivity index (χ2n) is 5.69. The zero-order chi connectivity index (χ0) is 16.2. The first-order chi connectivity index (χ1) is 9.68. The molecular formula is C14H25BrN2O3S. The van der Waals surface area contributed by atoms with Crippen LogP contribution >= 0.6 is 15.9 Å². The highest BCUT2D eigenvalue weighted by molar-refractivity contribution is 9.10. The number of furan rings is 1. The van der Waals surface area contributed by atoms with Crippen molar-refractivity contribution >= 4 is 26.0 Å². The number of hydrogen-bond donors (Lipinski definition) is 1. The molecule has 7 heteroatoms. The van der Waals surface area contributed by atoms with Gasteiger partial charge in [0.2, 0.25) is 10.0 Å². The van der Waals surface area contributed by atoms with Crippen LogP contribution in [-0.4, -0.2) is 32.4 Å². The minimum absolute atomic E-state index is 0.189. The maximum absolute atomic E-state index is 12.6. The van der Waals surface area contributed by atoms with Gasteiger partial charge in [0.05, 0.1) is 6.54 Å². The first-order valence-electron chi connectivity index (χ1n) is 7.16. The monoisotopic (exact) mass is 380 g/mol. The Hall–Kier alpha value is -0.370. The van der Waals surface area contributed by atoms with E-state index in [0.717, 1.165) is 6.42 Å². The van der Waals surface area contributed by atoms with E-state index in [9.17, 15) is 8.42 Å². The van der Waals surface area contributed by atoms with Gasteiger partial charge in [0.1, 0.15) is 10.7 Å². The van der Waals surface area contributed by atoms with E-state index in [2.05, 4.69) is 28.2 Å². The third-order valence-electron chi connectivity index (χ3n) is 3.34. The summed E-state index contributed by atoms with van der Waals surface area (Å²) in [7, 11) is -1.92. The lowest BCUT2D eigenvalue weighted by atomic mass is 10.1. The number of sulfonamides is 1. The number of halogens is 1. The molecule has 0 aliphatic heterocycles. The van der Waals surface area contributed by atoms with Gasteiger partial charge >= 0.3 is 0 Å².